The highest BCUT2D eigenvalue weighted by Gasteiger charge is 2.32. The highest BCUT2D eigenvalue weighted by Crippen LogP contribution is 2.44. The van der Waals surface area contributed by atoms with Crippen LogP contribution in [0.5, 0.6) is 0 Å². The molecule has 0 aromatic heterocycles. The van der Waals surface area contributed by atoms with Crippen LogP contribution in [-0.4, -0.2) is 67.4 Å². The largest absolute Gasteiger partial charge is 0.468 e. The summed E-state index contributed by atoms with van der Waals surface area (Å²) in [5, 5.41) is 12.7. The highest BCUT2D eigenvalue weighted by molar-refractivity contribution is 5.85. The fourth-order valence-electron chi connectivity index (χ4n) is 4.39. The smallest absolute Gasteiger partial charge is 0.409 e. The summed E-state index contributed by atoms with van der Waals surface area (Å²) in [6.45, 7) is 3.65. The third kappa shape index (κ3) is 5.56. The molecule has 0 saturated heterocycles. The van der Waals surface area contributed by atoms with E-state index < -0.39 is 30.1 Å². The average molecular weight is 469 g/mol. The van der Waals surface area contributed by atoms with Crippen molar-refractivity contribution in [2.24, 2.45) is 5.92 Å². The standard InChI is InChI=1S/C26H32N2O6/c1-16(2)22(13-23(29)25(31)27-14-24(30)33-4)28(3)26(32)34-15-21-19-11-7-5-9-17(19)18-10-6-8-12-20(18)21/h5-12,16,21-23,29H,13-15H2,1-4H3,(H,27,31)/t22?,23-/m1/s1. The zero-order valence-electron chi connectivity index (χ0n) is 20.0. The van der Waals surface area contributed by atoms with Crippen LogP contribution in [0.15, 0.2) is 48.5 Å². The zero-order valence-corrected chi connectivity index (χ0v) is 20.0. The van der Waals surface area contributed by atoms with Gasteiger partial charge in [-0.2, -0.15) is 0 Å². The molecule has 8 nitrogen and oxygen atoms in total. The van der Waals surface area contributed by atoms with Crippen LogP contribution in [0.2, 0.25) is 0 Å². The second-order valence-electron chi connectivity index (χ2n) is 8.77. The van der Waals surface area contributed by atoms with Gasteiger partial charge in [0.15, 0.2) is 0 Å². The minimum atomic E-state index is -1.39. The molecule has 8 heteroatoms. The maximum atomic E-state index is 12.9. The van der Waals surface area contributed by atoms with E-state index in [1.807, 2.05) is 38.1 Å². The maximum Gasteiger partial charge on any atom is 0.409 e. The quantitative estimate of drug-likeness (QED) is 0.549. The van der Waals surface area contributed by atoms with E-state index in [1.54, 1.807) is 7.05 Å². The Morgan fingerprint density at radius 3 is 2.12 bits per heavy atom. The molecule has 1 unspecified atom stereocenters. The summed E-state index contributed by atoms with van der Waals surface area (Å²) in [5.41, 5.74) is 4.54. The van der Waals surface area contributed by atoms with Crippen LogP contribution in [0.1, 0.15) is 37.3 Å². The summed E-state index contributed by atoms with van der Waals surface area (Å²) >= 11 is 0. The predicted molar refractivity (Wildman–Crippen MR) is 127 cm³/mol. The Bertz CT molecular complexity index is 992. The van der Waals surface area contributed by atoms with Crippen LogP contribution >= 0.6 is 0 Å². The number of esters is 1. The van der Waals surface area contributed by atoms with Gasteiger partial charge < -0.3 is 24.8 Å². The molecule has 3 rings (SSSR count). The average Bonchev–Trinajstić information content (AvgIpc) is 3.16. The first-order chi connectivity index (χ1) is 16.2. The lowest BCUT2D eigenvalue weighted by molar-refractivity contribution is -0.142. The minimum absolute atomic E-state index is 0.00533. The minimum Gasteiger partial charge on any atom is -0.468 e. The monoisotopic (exact) mass is 468 g/mol. The molecule has 1 aliphatic carbocycles. The molecule has 34 heavy (non-hydrogen) atoms. The number of aliphatic hydroxyl groups excluding tert-OH is 1. The Kier molecular flexibility index (Phi) is 8.28. The van der Waals surface area contributed by atoms with Crippen LogP contribution in [0.3, 0.4) is 0 Å². The molecule has 0 spiro atoms. The van der Waals surface area contributed by atoms with Gasteiger partial charge in [0, 0.05) is 25.4 Å². The summed E-state index contributed by atoms with van der Waals surface area (Å²) in [5.74, 6) is -1.42. The summed E-state index contributed by atoms with van der Waals surface area (Å²) in [6, 6.07) is 15.8. The zero-order chi connectivity index (χ0) is 24.8. The molecule has 0 bridgehead atoms. The number of nitrogens with zero attached hydrogens (tertiary/aromatic N) is 1. The van der Waals surface area contributed by atoms with E-state index >= 15 is 0 Å². The number of hydrogen-bond donors (Lipinski definition) is 2. The molecule has 0 radical (unpaired) electrons. The van der Waals surface area contributed by atoms with Gasteiger partial charge in [0.1, 0.15) is 19.3 Å². The van der Waals surface area contributed by atoms with Gasteiger partial charge in [-0.15, -0.1) is 0 Å². The number of carbonyl (C=O) groups is 3. The van der Waals surface area contributed by atoms with Gasteiger partial charge in [-0.25, -0.2) is 4.79 Å². The number of ether oxygens (including phenoxy) is 2. The van der Waals surface area contributed by atoms with E-state index in [0.29, 0.717) is 0 Å². The van der Waals surface area contributed by atoms with Gasteiger partial charge in [0.05, 0.1) is 7.11 Å². The molecule has 2 N–H and O–H groups in total. The van der Waals surface area contributed by atoms with Crippen molar-refractivity contribution < 1.29 is 29.0 Å². The first-order valence-corrected chi connectivity index (χ1v) is 11.3. The molecule has 0 saturated carbocycles. The lowest BCUT2D eigenvalue weighted by Crippen LogP contribution is -2.46. The first kappa shape index (κ1) is 25.2. The molecule has 2 atom stereocenters. The Morgan fingerprint density at radius 1 is 1.03 bits per heavy atom. The van der Waals surface area contributed by atoms with Crippen molar-refractivity contribution in [1.29, 1.82) is 0 Å². The number of benzene rings is 2. The van der Waals surface area contributed by atoms with E-state index in [9.17, 15) is 19.5 Å². The predicted octanol–water partition coefficient (Wildman–Crippen LogP) is 2.93. The Labute approximate surface area is 199 Å². The molecule has 2 aromatic rings. The molecule has 182 valence electrons. The van der Waals surface area contributed by atoms with Gasteiger partial charge in [-0.05, 0) is 28.2 Å². The summed E-state index contributed by atoms with van der Waals surface area (Å²) in [7, 11) is 2.81. The number of nitrogens with one attached hydrogen (secondary N) is 1. The van der Waals surface area contributed by atoms with E-state index in [0.717, 1.165) is 22.3 Å². The Balaban J connectivity index is 1.63. The Hall–Kier alpha value is -3.39. The molecular formula is C26H32N2O6. The van der Waals surface area contributed by atoms with Gasteiger partial charge >= 0.3 is 12.1 Å². The molecular weight excluding hydrogens is 436 g/mol. The fourth-order valence-corrected chi connectivity index (χ4v) is 4.39. The van der Waals surface area contributed by atoms with Crippen LogP contribution in [0.4, 0.5) is 4.79 Å². The van der Waals surface area contributed by atoms with Gasteiger partial charge in [0.2, 0.25) is 5.91 Å². The third-order valence-electron chi connectivity index (χ3n) is 6.29. The van der Waals surface area contributed by atoms with Crippen LogP contribution < -0.4 is 5.32 Å². The van der Waals surface area contributed by atoms with Crippen molar-refractivity contribution in [3.05, 3.63) is 59.7 Å². The highest BCUT2D eigenvalue weighted by atomic mass is 16.6. The number of amides is 2. The van der Waals surface area contributed by atoms with Crippen LogP contribution in [0, 0.1) is 5.92 Å². The molecule has 0 fully saturated rings. The van der Waals surface area contributed by atoms with Gasteiger partial charge in [0.25, 0.3) is 0 Å². The van der Waals surface area contributed by atoms with Gasteiger partial charge in [-0.1, -0.05) is 62.4 Å². The van der Waals surface area contributed by atoms with Crippen molar-refractivity contribution in [1.82, 2.24) is 10.2 Å². The summed E-state index contributed by atoms with van der Waals surface area (Å²) < 4.78 is 10.2. The normalized spacial score (nSPS) is 14.1. The van der Waals surface area contributed by atoms with Crippen molar-refractivity contribution in [2.75, 3.05) is 27.3 Å². The van der Waals surface area contributed by atoms with Crippen LogP contribution in [-0.2, 0) is 19.1 Å². The number of methoxy groups -OCH3 is 1. The number of carbonyl (C=O) groups excluding carboxylic acids is 3. The lowest BCUT2D eigenvalue weighted by atomic mass is 9.96. The van der Waals surface area contributed by atoms with E-state index in [2.05, 4.69) is 34.3 Å². The number of rotatable bonds is 9. The number of hydrogen-bond acceptors (Lipinski definition) is 6. The van der Waals surface area contributed by atoms with Crippen LogP contribution in [0.25, 0.3) is 11.1 Å². The second kappa shape index (κ2) is 11.2. The third-order valence-corrected chi connectivity index (χ3v) is 6.29. The first-order valence-electron chi connectivity index (χ1n) is 11.3. The van der Waals surface area contributed by atoms with Crippen molar-refractivity contribution in [2.45, 2.75) is 38.3 Å². The summed E-state index contributed by atoms with van der Waals surface area (Å²) in [6.07, 6.45) is -1.91. The number of fused-ring (bicyclic) bond motifs is 3. The topological polar surface area (TPSA) is 105 Å². The fraction of sp³-hybridized carbons (Fsp3) is 0.423. The van der Waals surface area contributed by atoms with Crippen molar-refractivity contribution >= 4 is 18.0 Å². The second-order valence-corrected chi connectivity index (χ2v) is 8.77. The van der Waals surface area contributed by atoms with Gasteiger partial charge in [-0.3, -0.25) is 9.59 Å². The van der Waals surface area contributed by atoms with Crippen molar-refractivity contribution in [3.8, 4) is 11.1 Å². The summed E-state index contributed by atoms with van der Waals surface area (Å²) in [4.78, 5) is 37.7. The SMILES string of the molecule is COC(=O)CNC(=O)[C@H](O)CC(C(C)C)N(C)C(=O)OCC1c2ccccc2-c2ccccc21. The lowest BCUT2D eigenvalue weighted by Gasteiger charge is -2.32. The van der Waals surface area contributed by atoms with E-state index in [4.69, 9.17) is 4.74 Å². The molecule has 2 amide bonds. The Morgan fingerprint density at radius 2 is 1.59 bits per heavy atom. The molecule has 1 aliphatic rings. The molecule has 0 aliphatic heterocycles. The molecule has 0 heterocycles. The van der Waals surface area contributed by atoms with Crippen molar-refractivity contribution in [3.63, 3.8) is 0 Å². The van der Waals surface area contributed by atoms with E-state index in [1.165, 1.54) is 12.0 Å². The molecule has 2 aromatic carbocycles. The van der Waals surface area contributed by atoms with E-state index in [-0.39, 0.29) is 31.4 Å². The maximum absolute atomic E-state index is 12.9. The number of aliphatic hydroxyl groups is 1.